The molecule has 0 aromatic heterocycles. The smallest absolute Gasteiger partial charge is 0.138 e. The number of hydrogen-bond acceptors (Lipinski definition) is 2. The van der Waals surface area contributed by atoms with Crippen molar-refractivity contribution in [3.8, 4) is 0 Å². The van der Waals surface area contributed by atoms with Crippen LogP contribution in [0, 0.1) is 11.8 Å². The number of ether oxygens (including phenoxy) is 1. The zero-order valence-corrected chi connectivity index (χ0v) is 9.78. The number of carbonyl (C=O) groups is 1. The standard InChI is InChI=1S/C14H20O2/c1-3-8-16-14(12-9-10(12)2)11-6-4-5-7-13(11)15/h3,11-12,14H,1-2,4-9H2/t11-,12+,14+/m1/s1. The third-order valence-electron chi connectivity index (χ3n) is 3.65. The molecule has 2 saturated carbocycles. The second-order valence-electron chi connectivity index (χ2n) is 4.87. The van der Waals surface area contributed by atoms with Gasteiger partial charge >= 0.3 is 0 Å². The van der Waals surface area contributed by atoms with Gasteiger partial charge in [0.25, 0.3) is 0 Å². The van der Waals surface area contributed by atoms with Crippen molar-refractivity contribution in [2.45, 2.75) is 38.2 Å². The molecule has 2 nitrogen and oxygen atoms in total. The van der Waals surface area contributed by atoms with Crippen molar-refractivity contribution in [3.05, 3.63) is 24.8 Å². The van der Waals surface area contributed by atoms with E-state index in [4.69, 9.17) is 4.74 Å². The number of rotatable bonds is 5. The predicted molar refractivity (Wildman–Crippen MR) is 64.1 cm³/mol. The molecule has 2 fully saturated rings. The molecule has 2 aliphatic rings. The Bertz CT molecular complexity index is 306. The first-order chi connectivity index (χ1) is 7.74. The second kappa shape index (κ2) is 4.96. The monoisotopic (exact) mass is 220 g/mol. The Hall–Kier alpha value is -0.890. The molecule has 16 heavy (non-hydrogen) atoms. The summed E-state index contributed by atoms with van der Waals surface area (Å²) in [7, 11) is 0. The van der Waals surface area contributed by atoms with Crippen LogP contribution in [0.1, 0.15) is 32.1 Å². The maximum atomic E-state index is 11.9. The van der Waals surface area contributed by atoms with Crippen LogP contribution in [0.2, 0.25) is 0 Å². The summed E-state index contributed by atoms with van der Waals surface area (Å²) in [5.41, 5.74) is 1.24. The van der Waals surface area contributed by atoms with Crippen LogP contribution < -0.4 is 0 Å². The van der Waals surface area contributed by atoms with Crippen molar-refractivity contribution in [1.82, 2.24) is 0 Å². The summed E-state index contributed by atoms with van der Waals surface area (Å²) in [5, 5.41) is 0. The van der Waals surface area contributed by atoms with Crippen LogP contribution in [-0.2, 0) is 9.53 Å². The van der Waals surface area contributed by atoms with Gasteiger partial charge in [-0.3, -0.25) is 4.79 Å². The van der Waals surface area contributed by atoms with Crippen molar-refractivity contribution in [2.75, 3.05) is 6.61 Å². The number of ketones is 1. The minimum atomic E-state index is 0.0679. The Morgan fingerprint density at radius 3 is 2.75 bits per heavy atom. The third-order valence-corrected chi connectivity index (χ3v) is 3.65. The third kappa shape index (κ3) is 2.43. The van der Waals surface area contributed by atoms with Crippen molar-refractivity contribution in [1.29, 1.82) is 0 Å². The van der Waals surface area contributed by atoms with Gasteiger partial charge in [-0.15, -0.1) is 6.58 Å². The van der Waals surface area contributed by atoms with E-state index >= 15 is 0 Å². The van der Waals surface area contributed by atoms with Crippen LogP contribution in [-0.4, -0.2) is 18.5 Å². The quantitative estimate of drug-likeness (QED) is 0.666. The first-order valence-corrected chi connectivity index (χ1v) is 6.17. The molecule has 0 aliphatic heterocycles. The number of Topliss-reactive ketones (excluding diaryl/α,β-unsaturated/α-hetero) is 1. The largest absolute Gasteiger partial charge is 0.373 e. The van der Waals surface area contributed by atoms with Gasteiger partial charge in [0.1, 0.15) is 5.78 Å². The van der Waals surface area contributed by atoms with Gasteiger partial charge in [-0.25, -0.2) is 0 Å². The highest BCUT2D eigenvalue weighted by Gasteiger charge is 2.43. The molecule has 2 aliphatic carbocycles. The lowest BCUT2D eigenvalue weighted by Crippen LogP contribution is -2.34. The molecule has 0 spiro atoms. The van der Waals surface area contributed by atoms with Gasteiger partial charge in [0.05, 0.1) is 12.7 Å². The van der Waals surface area contributed by atoms with Gasteiger partial charge in [-0.1, -0.05) is 24.6 Å². The first-order valence-electron chi connectivity index (χ1n) is 6.17. The lowest BCUT2D eigenvalue weighted by atomic mass is 9.82. The van der Waals surface area contributed by atoms with Crippen molar-refractivity contribution >= 4 is 5.78 Å². The summed E-state index contributed by atoms with van der Waals surface area (Å²) in [6.07, 6.45) is 6.79. The Labute approximate surface area is 97.4 Å². The lowest BCUT2D eigenvalue weighted by molar-refractivity contribution is -0.130. The highest BCUT2D eigenvalue weighted by molar-refractivity contribution is 5.82. The highest BCUT2D eigenvalue weighted by atomic mass is 16.5. The van der Waals surface area contributed by atoms with Gasteiger partial charge in [-0.2, -0.15) is 0 Å². The van der Waals surface area contributed by atoms with E-state index in [1.807, 2.05) is 0 Å². The molecule has 3 atom stereocenters. The molecule has 0 N–H and O–H groups in total. The summed E-state index contributed by atoms with van der Waals surface area (Å²) >= 11 is 0. The summed E-state index contributed by atoms with van der Waals surface area (Å²) < 4.78 is 5.80. The number of carbonyl (C=O) groups excluding carboxylic acids is 1. The molecule has 0 heterocycles. The Kier molecular flexibility index (Phi) is 3.59. The summed E-state index contributed by atoms with van der Waals surface area (Å²) in [6, 6.07) is 0. The molecule has 0 unspecified atom stereocenters. The summed E-state index contributed by atoms with van der Waals surface area (Å²) in [6.45, 7) is 8.18. The zero-order chi connectivity index (χ0) is 11.5. The van der Waals surface area contributed by atoms with Crippen LogP contribution >= 0.6 is 0 Å². The minimum Gasteiger partial charge on any atom is -0.373 e. The fourth-order valence-electron chi connectivity index (χ4n) is 2.62. The van der Waals surface area contributed by atoms with E-state index in [0.717, 1.165) is 32.1 Å². The fraction of sp³-hybridized carbons (Fsp3) is 0.643. The van der Waals surface area contributed by atoms with Crippen LogP contribution in [0.15, 0.2) is 24.8 Å². The van der Waals surface area contributed by atoms with Crippen LogP contribution in [0.4, 0.5) is 0 Å². The predicted octanol–water partition coefficient (Wildman–Crippen LogP) is 2.89. The molecular formula is C14H20O2. The van der Waals surface area contributed by atoms with Gasteiger partial charge in [0, 0.05) is 18.3 Å². The Balaban J connectivity index is 2.01. The van der Waals surface area contributed by atoms with E-state index in [1.54, 1.807) is 6.08 Å². The molecule has 2 rings (SSSR count). The van der Waals surface area contributed by atoms with E-state index in [0.29, 0.717) is 18.3 Å². The molecular weight excluding hydrogens is 200 g/mol. The molecule has 0 aromatic rings. The van der Waals surface area contributed by atoms with Gasteiger partial charge in [0.15, 0.2) is 0 Å². The topological polar surface area (TPSA) is 26.3 Å². The molecule has 0 radical (unpaired) electrons. The van der Waals surface area contributed by atoms with Gasteiger partial charge < -0.3 is 4.74 Å². The lowest BCUT2D eigenvalue weighted by Gasteiger charge is -2.28. The fourth-order valence-corrected chi connectivity index (χ4v) is 2.62. The van der Waals surface area contributed by atoms with E-state index in [9.17, 15) is 4.79 Å². The van der Waals surface area contributed by atoms with Crippen molar-refractivity contribution < 1.29 is 9.53 Å². The van der Waals surface area contributed by atoms with Crippen molar-refractivity contribution in [3.63, 3.8) is 0 Å². The molecule has 0 bridgehead atoms. The average molecular weight is 220 g/mol. The molecule has 0 saturated heterocycles. The summed E-state index contributed by atoms with van der Waals surface area (Å²) in [5.74, 6) is 0.921. The first kappa shape index (κ1) is 11.6. The second-order valence-corrected chi connectivity index (χ2v) is 4.87. The molecule has 88 valence electrons. The maximum Gasteiger partial charge on any atom is 0.138 e. The molecule has 0 aromatic carbocycles. The van der Waals surface area contributed by atoms with Gasteiger partial charge in [-0.05, 0) is 19.3 Å². The van der Waals surface area contributed by atoms with E-state index < -0.39 is 0 Å². The van der Waals surface area contributed by atoms with E-state index in [1.165, 1.54) is 5.57 Å². The molecule has 0 amide bonds. The zero-order valence-electron chi connectivity index (χ0n) is 9.78. The number of hydrogen-bond donors (Lipinski definition) is 0. The van der Waals surface area contributed by atoms with Crippen LogP contribution in [0.5, 0.6) is 0 Å². The Morgan fingerprint density at radius 1 is 1.44 bits per heavy atom. The SMILES string of the molecule is C=CCO[C@@H]([C@@H]1CCCCC1=O)[C@H]1CC1=C. The van der Waals surface area contributed by atoms with E-state index in [2.05, 4.69) is 13.2 Å². The van der Waals surface area contributed by atoms with Crippen molar-refractivity contribution in [2.24, 2.45) is 11.8 Å². The normalized spacial score (nSPS) is 31.2. The van der Waals surface area contributed by atoms with Crippen LogP contribution in [0.25, 0.3) is 0 Å². The summed E-state index contributed by atoms with van der Waals surface area (Å²) in [4.78, 5) is 11.9. The highest BCUT2D eigenvalue weighted by Crippen LogP contribution is 2.44. The van der Waals surface area contributed by atoms with Gasteiger partial charge in [0.2, 0.25) is 0 Å². The average Bonchev–Trinajstić information content (AvgIpc) is 2.99. The van der Waals surface area contributed by atoms with E-state index in [-0.39, 0.29) is 12.0 Å². The Morgan fingerprint density at radius 2 is 2.19 bits per heavy atom. The van der Waals surface area contributed by atoms with Crippen LogP contribution in [0.3, 0.4) is 0 Å². The maximum absolute atomic E-state index is 11.9. The minimum absolute atomic E-state index is 0.0679. The molecule has 2 heteroatoms.